The molecule has 1 saturated heterocycles. The van der Waals surface area contributed by atoms with Crippen molar-refractivity contribution in [2.45, 2.75) is 52.8 Å². The van der Waals surface area contributed by atoms with Crippen molar-refractivity contribution < 1.29 is 4.74 Å². The summed E-state index contributed by atoms with van der Waals surface area (Å²) < 4.78 is 7.80. The highest BCUT2D eigenvalue weighted by Crippen LogP contribution is 2.28. The molecule has 0 amide bonds. The number of pyridine rings is 1. The summed E-state index contributed by atoms with van der Waals surface area (Å²) in [4.78, 5) is 32.0. The minimum Gasteiger partial charge on any atom is -0.374 e. The monoisotopic (exact) mass is 497 g/mol. The van der Waals surface area contributed by atoms with Gasteiger partial charge in [-0.15, -0.1) is 11.3 Å². The summed E-state index contributed by atoms with van der Waals surface area (Å²) in [5, 5.41) is 6.49. The van der Waals surface area contributed by atoms with Gasteiger partial charge >= 0.3 is 0 Å². The van der Waals surface area contributed by atoms with Gasteiger partial charge < -0.3 is 19.9 Å². The molecule has 3 aromatic rings. The van der Waals surface area contributed by atoms with Crippen LogP contribution in [0.1, 0.15) is 32.0 Å². The van der Waals surface area contributed by atoms with Crippen molar-refractivity contribution >= 4 is 28.0 Å². The second kappa shape index (κ2) is 10.7. The molecule has 1 N–H and O–H groups in total. The molecule has 35 heavy (non-hydrogen) atoms. The molecule has 2 atom stereocenters. The molecule has 0 saturated carbocycles. The zero-order valence-corrected chi connectivity index (χ0v) is 22.2. The normalized spacial score (nSPS) is 17.7. The number of aromatic nitrogens is 4. The fourth-order valence-corrected chi connectivity index (χ4v) is 5.19. The fourth-order valence-electron chi connectivity index (χ4n) is 4.53. The molecule has 1 aliphatic rings. The SMILES string of the molecule is CCO[C@H]1CN(c2nccs2)CC1Nc1c(CC)nc(-c2cnc(N(C)C)cc2C)n(CC)c1=O. The average molecular weight is 498 g/mol. The van der Waals surface area contributed by atoms with Crippen molar-refractivity contribution in [3.63, 3.8) is 0 Å². The summed E-state index contributed by atoms with van der Waals surface area (Å²) in [5.41, 5.74) is 3.16. The number of anilines is 3. The highest BCUT2D eigenvalue weighted by Gasteiger charge is 2.35. The number of ether oxygens (including phenoxy) is 1. The molecule has 0 aliphatic carbocycles. The lowest BCUT2D eigenvalue weighted by Crippen LogP contribution is -2.38. The molecule has 0 spiro atoms. The number of thiazole rings is 1. The van der Waals surface area contributed by atoms with E-state index in [4.69, 9.17) is 9.72 Å². The predicted octanol–water partition coefficient (Wildman–Crippen LogP) is 3.42. The van der Waals surface area contributed by atoms with E-state index in [1.807, 2.05) is 70.5 Å². The van der Waals surface area contributed by atoms with E-state index < -0.39 is 0 Å². The first-order chi connectivity index (χ1) is 16.9. The smallest absolute Gasteiger partial charge is 0.277 e. The Bertz CT molecular complexity index is 1210. The Hall–Kier alpha value is -2.98. The highest BCUT2D eigenvalue weighted by atomic mass is 32.1. The van der Waals surface area contributed by atoms with E-state index >= 15 is 0 Å². The van der Waals surface area contributed by atoms with Gasteiger partial charge in [0.25, 0.3) is 5.56 Å². The van der Waals surface area contributed by atoms with E-state index in [9.17, 15) is 4.79 Å². The standard InChI is InChI=1S/C25H35N7O2S/c1-7-18-22(28-19-14-31(15-20(19)34-9-3)25-26-10-11-35-25)24(33)32(8-2)23(29-18)17-13-27-21(30(5)6)12-16(17)4/h10-13,19-20,28H,7-9,14-15H2,1-6H3/t19?,20-/m0/s1. The molecule has 0 radical (unpaired) electrons. The van der Waals surface area contributed by atoms with Gasteiger partial charge in [-0.2, -0.15) is 0 Å². The number of hydrogen-bond donors (Lipinski definition) is 1. The lowest BCUT2D eigenvalue weighted by molar-refractivity contribution is 0.0720. The van der Waals surface area contributed by atoms with Crippen LogP contribution in [0, 0.1) is 6.92 Å². The number of nitrogens with one attached hydrogen (secondary N) is 1. The first kappa shape index (κ1) is 25.1. The highest BCUT2D eigenvalue weighted by molar-refractivity contribution is 7.13. The average Bonchev–Trinajstić information content (AvgIpc) is 3.51. The Labute approximate surface area is 210 Å². The molecule has 3 aromatic heterocycles. The van der Waals surface area contributed by atoms with Crippen LogP contribution in [-0.4, -0.2) is 65.5 Å². The zero-order valence-electron chi connectivity index (χ0n) is 21.4. The summed E-state index contributed by atoms with van der Waals surface area (Å²) in [6.45, 7) is 10.6. The Morgan fingerprint density at radius 2 is 2.03 bits per heavy atom. The van der Waals surface area contributed by atoms with Crippen LogP contribution in [0.25, 0.3) is 11.4 Å². The maximum atomic E-state index is 13.8. The summed E-state index contributed by atoms with van der Waals surface area (Å²) in [7, 11) is 3.93. The van der Waals surface area contributed by atoms with Gasteiger partial charge in [-0.3, -0.25) is 9.36 Å². The van der Waals surface area contributed by atoms with Crippen LogP contribution in [0.2, 0.25) is 0 Å². The van der Waals surface area contributed by atoms with Crippen molar-refractivity contribution in [2.24, 2.45) is 0 Å². The lowest BCUT2D eigenvalue weighted by atomic mass is 10.1. The minimum absolute atomic E-state index is 0.0439. The minimum atomic E-state index is -0.0617. The third kappa shape index (κ3) is 5.04. The van der Waals surface area contributed by atoms with Gasteiger partial charge in [0.05, 0.1) is 17.8 Å². The van der Waals surface area contributed by atoms with Crippen LogP contribution >= 0.6 is 11.3 Å². The van der Waals surface area contributed by atoms with Crippen molar-refractivity contribution in [1.29, 1.82) is 0 Å². The van der Waals surface area contributed by atoms with Crippen LogP contribution in [-0.2, 0) is 17.7 Å². The number of rotatable bonds is 9. The molecule has 10 heteroatoms. The molecule has 4 rings (SSSR count). The van der Waals surface area contributed by atoms with Crippen LogP contribution in [0.15, 0.2) is 28.6 Å². The zero-order chi connectivity index (χ0) is 25.1. The number of hydrogen-bond acceptors (Lipinski definition) is 9. The lowest BCUT2D eigenvalue weighted by Gasteiger charge is -2.23. The molecule has 9 nitrogen and oxygen atoms in total. The molecule has 188 valence electrons. The third-order valence-electron chi connectivity index (χ3n) is 6.36. The van der Waals surface area contributed by atoms with Crippen molar-refractivity contribution in [3.05, 3.63) is 45.5 Å². The predicted molar refractivity (Wildman–Crippen MR) is 143 cm³/mol. The second-order valence-corrected chi connectivity index (χ2v) is 9.75. The number of nitrogens with zero attached hydrogens (tertiary/aromatic N) is 6. The van der Waals surface area contributed by atoms with Crippen LogP contribution in [0.3, 0.4) is 0 Å². The van der Waals surface area contributed by atoms with Crippen LogP contribution < -0.4 is 20.7 Å². The quantitative estimate of drug-likeness (QED) is 0.481. The van der Waals surface area contributed by atoms with E-state index in [-0.39, 0.29) is 17.7 Å². The molecule has 0 bridgehead atoms. The first-order valence-electron chi connectivity index (χ1n) is 12.2. The molecular weight excluding hydrogens is 462 g/mol. The maximum absolute atomic E-state index is 13.8. The molecule has 1 aliphatic heterocycles. The largest absolute Gasteiger partial charge is 0.374 e. The summed E-state index contributed by atoms with van der Waals surface area (Å²) in [5.74, 6) is 1.53. The molecule has 1 fully saturated rings. The van der Waals surface area contributed by atoms with Gasteiger partial charge in [0, 0.05) is 63.7 Å². The summed E-state index contributed by atoms with van der Waals surface area (Å²) in [6, 6.07) is 1.98. The van der Waals surface area contributed by atoms with E-state index in [2.05, 4.69) is 20.2 Å². The summed E-state index contributed by atoms with van der Waals surface area (Å²) >= 11 is 1.61. The van der Waals surface area contributed by atoms with Crippen molar-refractivity contribution in [2.75, 3.05) is 48.9 Å². The van der Waals surface area contributed by atoms with Gasteiger partial charge in [-0.1, -0.05) is 6.92 Å². The molecule has 0 aromatic carbocycles. The van der Waals surface area contributed by atoms with Gasteiger partial charge in [0.2, 0.25) is 0 Å². The topological polar surface area (TPSA) is 88.4 Å². The van der Waals surface area contributed by atoms with Crippen LogP contribution in [0.5, 0.6) is 0 Å². The van der Waals surface area contributed by atoms with E-state index in [0.29, 0.717) is 37.6 Å². The second-order valence-electron chi connectivity index (χ2n) is 8.88. The van der Waals surface area contributed by atoms with Crippen molar-refractivity contribution in [1.82, 2.24) is 19.5 Å². The molecular formula is C25H35N7O2S. The van der Waals surface area contributed by atoms with E-state index in [1.54, 1.807) is 15.9 Å². The Morgan fingerprint density at radius 3 is 2.63 bits per heavy atom. The van der Waals surface area contributed by atoms with E-state index in [1.165, 1.54) is 0 Å². The molecule has 4 heterocycles. The van der Waals surface area contributed by atoms with Gasteiger partial charge in [0.1, 0.15) is 17.3 Å². The first-order valence-corrected chi connectivity index (χ1v) is 13.1. The van der Waals surface area contributed by atoms with E-state index in [0.717, 1.165) is 34.3 Å². The molecule has 1 unspecified atom stereocenters. The van der Waals surface area contributed by atoms with Crippen molar-refractivity contribution in [3.8, 4) is 11.4 Å². The Balaban J connectivity index is 1.72. The maximum Gasteiger partial charge on any atom is 0.277 e. The third-order valence-corrected chi connectivity index (χ3v) is 7.19. The Kier molecular flexibility index (Phi) is 7.71. The summed E-state index contributed by atoms with van der Waals surface area (Å²) in [6.07, 6.45) is 4.22. The number of aryl methyl sites for hydroxylation is 2. The van der Waals surface area contributed by atoms with Gasteiger partial charge in [0.15, 0.2) is 5.13 Å². The van der Waals surface area contributed by atoms with Gasteiger partial charge in [-0.25, -0.2) is 15.0 Å². The Morgan fingerprint density at radius 1 is 1.23 bits per heavy atom. The van der Waals surface area contributed by atoms with Gasteiger partial charge in [-0.05, 0) is 38.8 Å². The fraction of sp³-hybridized carbons (Fsp3) is 0.520. The van der Waals surface area contributed by atoms with Crippen LogP contribution in [0.4, 0.5) is 16.6 Å².